The number of aromatic nitrogens is 1. The smallest absolute Gasteiger partial charge is 0.292 e. The number of carbonyl (C=O) groups excluding carboxylic acids is 2. The summed E-state index contributed by atoms with van der Waals surface area (Å²) in [6.07, 6.45) is 1.39. The Morgan fingerprint density at radius 1 is 1.33 bits per heavy atom. The van der Waals surface area contributed by atoms with E-state index in [1.165, 1.54) is 11.3 Å². The van der Waals surface area contributed by atoms with Gasteiger partial charge in [0.1, 0.15) is 17.9 Å². The molecule has 2 amide bonds. The third-order valence-electron chi connectivity index (χ3n) is 4.06. The van der Waals surface area contributed by atoms with Crippen LogP contribution in [0.5, 0.6) is 5.75 Å². The topological polar surface area (TPSA) is 84.7 Å². The van der Waals surface area contributed by atoms with Gasteiger partial charge in [-0.05, 0) is 19.1 Å². The van der Waals surface area contributed by atoms with Crippen molar-refractivity contribution in [3.05, 3.63) is 48.2 Å². The maximum Gasteiger partial charge on any atom is 0.292 e. The zero-order valence-electron chi connectivity index (χ0n) is 13.6. The molecule has 1 aliphatic heterocycles. The number of likely N-dealkylation sites (N-methyl/N-ethyl adjacent to an activating group) is 1. The molecule has 0 radical (unpaired) electrons. The molecule has 1 fully saturated rings. The van der Waals surface area contributed by atoms with Gasteiger partial charge in [-0.2, -0.15) is 0 Å². The van der Waals surface area contributed by atoms with Crippen LogP contribution in [0.2, 0.25) is 0 Å². The highest BCUT2D eigenvalue weighted by Gasteiger charge is 2.42. The summed E-state index contributed by atoms with van der Waals surface area (Å²) in [6, 6.07) is 8.75. The van der Waals surface area contributed by atoms with Crippen molar-refractivity contribution in [1.29, 1.82) is 0 Å². The Bertz CT molecular complexity index is 728. The Morgan fingerprint density at radius 2 is 2.08 bits per heavy atom. The predicted octanol–water partition coefficient (Wildman–Crippen LogP) is 1.39. The van der Waals surface area contributed by atoms with Crippen molar-refractivity contribution >= 4 is 11.8 Å². The average molecular weight is 329 g/mol. The maximum atomic E-state index is 12.7. The normalized spacial score (nSPS) is 20.0. The number of aryl methyl sites for hydroxylation is 1. The number of oxazole rings is 1. The van der Waals surface area contributed by atoms with Gasteiger partial charge in [-0.3, -0.25) is 9.59 Å². The molecular weight excluding hydrogens is 310 g/mol. The summed E-state index contributed by atoms with van der Waals surface area (Å²) in [5, 5.41) is 2.60. The predicted molar refractivity (Wildman–Crippen MR) is 85.6 cm³/mol. The number of para-hydroxylation sites is 1. The van der Waals surface area contributed by atoms with Gasteiger partial charge in [0.15, 0.2) is 6.39 Å². The first-order chi connectivity index (χ1) is 11.6. The fraction of sp³-hybridized carbons (Fsp3) is 0.353. The molecule has 1 saturated heterocycles. The number of likely N-dealkylation sites (tertiary alicyclic amines) is 1. The van der Waals surface area contributed by atoms with E-state index < -0.39 is 6.04 Å². The van der Waals surface area contributed by atoms with Crippen LogP contribution >= 0.6 is 0 Å². The fourth-order valence-corrected chi connectivity index (χ4v) is 2.85. The fourth-order valence-electron chi connectivity index (χ4n) is 2.85. The molecule has 7 nitrogen and oxygen atoms in total. The minimum absolute atomic E-state index is 0.157. The van der Waals surface area contributed by atoms with Crippen LogP contribution in [0.4, 0.5) is 0 Å². The summed E-state index contributed by atoms with van der Waals surface area (Å²) < 4.78 is 11.1. The van der Waals surface area contributed by atoms with Crippen LogP contribution in [0, 0.1) is 6.92 Å². The lowest BCUT2D eigenvalue weighted by Gasteiger charge is -2.21. The summed E-state index contributed by atoms with van der Waals surface area (Å²) >= 11 is 0. The van der Waals surface area contributed by atoms with Gasteiger partial charge in [0, 0.05) is 13.5 Å². The highest BCUT2D eigenvalue weighted by Crippen LogP contribution is 2.25. The van der Waals surface area contributed by atoms with Crippen molar-refractivity contribution in [1.82, 2.24) is 15.2 Å². The standard InChI is InChI=1S/C17H19N3O4/c1-11-15(23-10-19-11)17(22)20-9-13(8-14(20)16(21)18-2)24-12-6-4-3-5-7-12/h3-7,10,13-14H,8-9H2,1-2H3,(H,18,21)/t13-,14-/m0/s1. The van der Waals surface area contributed by atoms with Gasteiger partial charge >= 0.3 is 0 Å². The maximum absolute atomic E-state index is 12.7. The molecule has 0 unspecified atom stereocenters. The molecule has 24 heavy (non-hydrogen) atoms. The van der Waals surface area contributed by atoms with Crippen molar-refractivity contribution < 1.29 is 18.7 Å². The lowest BCUT2D eigenvalue weighted by molar-refractivity contribution is -0.124. The van der Waals surface area contributed by atoms with Crippen LogP contribution in [-0.4, -0.2) is 47.4 Å². The molecule has 1 aromatic carbocycles. The Balaban J connectivity index is 1.79. The van der Waals surface area contributed by atoms with Crippen LogP contribution in [-0.2, 0) is 4.79 Å². The van der Waals surface area contributed by atoms with Crippen LogP contribution in [0.1, 0.15) is 22.7 Å². The summed E-state index contributed by atoms with van der Waals surface area (Å²) in [4.78, 5) is 30.3. The lowest BCUT2D eigenvalue weighted by atomic mass is 10.2. The summed E-state index contributed by atoms with van der Waals surface area (Å²) in [5.74, 6) is 0.296. The van der Waals surface area contributed by atoms with Gasteiger partial charge in [-0.25, -0.2) is 4.98 Å². The highest BCUT2D eigenvalue weighted by atomic mass is 16.5. The first-order valence-electron chi connectivity index (χ1n) is 7.74. The number of benzene rings is 1. The molecule has 2 aromatic rings. The molecular formula is C17H19N3O4. The van der Waals surface area contributed by atoms with E-state index in [-0.39, 0.29) is 23.7 Å². The lowest BCUT2D eigenvalue weighted by Crippen LogP contribution is -2.45. The number of rotatable bonds is 4. The summed E-state index contributed by atoms with van der Waals surface area (Å²) in [6.45, 7) is 2.01. The van der Waals surface area contributed by atoms with Gasteiger partial charge in [0.25, 0.3) is 5.91 Å². The van der Waals surface area contributed by atoms with Crippen molar-refractivity contribution in [3.63, 3.8) is 0 Å². The first kappa shape index (κ1) is 16.0. The monoisotopic (exact) mass is 329 g/mol. The molecule has 126 valence electrons. The van der Waals surface area contributed by atoms with Crippen molar-refractivity contribution in [2.45, 2.75) is 25.5 Å². The van der Waals surface area contributed by atoms with E-state index in [1.54, 1.807) is 14.0 Å². The molecule has 2 heterocycles. The van der Waals surface area contributed by atoms with Gasteiger partial charge in [0.05, 0.1) is 12.2 Å². The third-order valence-corrected chi connectivity index (χ3v) is 4.06. The second-order valence-corrected chi connectivity index (χ2v) is 5.64. The van der Waals surface area contributed by atoms with Crippen molar-refractivity contribution in [2.24, 2.45) is 0 Å². The second-order valence-electron chi connectivity index (χ2n) is 5.64. The Kier molecular flexibility index (Phi) is 4.50. The van der Waals surface area contributed by atoms with Gasteiger partial charge in [-0.1, -0.05) is 18.2 Å². The number of hydrogen-bond acceptors (Lipinski definition) is 5. The van der Waals surface area contributed by atoms with Gasteiger partial charge in [0.2, 0.25) is 11.7 Å². The number of carbonyl (C=O) groups is 2. The summed E-state index contributed by atoms with van der Waals surface area (Å²) in [7, 11) is 1.55. The zero-order valence-corrected chi connectivity index (χ0v) is 13.6. The number of nitrogens with one attached hydrogen (secondary N) is 1. The number of amides is 2. The van der Waals surface area contributed by atoms with Gasteiger partial charge < -0.3 is 19.4 Å². The van der Waals surface area contributed by atoms with E-state index in [4.69, 9.17) is 9.15 Å². The first-order valence-corrected chi connectivity index (χ1v) is 7.74. The molecule has 0 spiro atoms. The van der Waals surface area contributed by atoms with Crippen LogP contribution < -0.4 is 10.1 Å². The van der Waals surface area contributed by atoms with Crippen LogP contribution in [0.15, 0.2) is 41.1 Å². The van der Waals surface area contributed by atoms with E-state index in [9.17, 15) is 9.59 Å². The van der Waals surface area contributed by atoms with E-state index >= 15 is 0 Å². The molecule has 3 rings (SSSR count). The van der Waals surface area contributed by atoms with E-state index in [2.05, 4.69) is 10.3 Å². The molecule has 7 heteroatoms. The van der Waals surface area contributed by atoms with E-state index in [1.807, 2.05) is 30.3 Å². The minimum atomic E-state index is -0.597. The molecule has 2 atom stereocenters. The Labute approximate surface area is 139 Å². The Morgan fingerprint density at radius 3 is 2.71 bits per heavy atom. The largest absolute Gasteiger partial charge is 0.488 e. The SMILES string of the molecule is CNC(=O)[C@@H]1C[C@H](Oc2ccccc2)CN1C(=O)c1ocnc1C. The van der Waals surface area contributed by atoms with Crippen molar-refractivity contribution in [2.75, 3.05) is 13.6 Å². The average Bonchev–Trinajstić information content (AvgIpc) is 3.21. The highest BCUT2D eigenvalue weighted by molar-refractivity contribution is 5.96. The summed E-state index contributed by atoms with van der Waals surface area (Å²) in [5.41, 5.74) is 0.503. The number of hydrogen-bond donors (Lipinski definition) is 1. The third kappa shape index (κ3) is 3.10. The molecule has 1 aliphatic rings. The van der Waals surface area contributed by atoms with Gasteiger partial charge in [-0.15, -0.1) is 0 Å². The molecule has 1 N–H and O–H groups in total. The zero-order chi connectivity index (χ0) is 17.1. The van der Waals surface area contributed by atoms with E-state index in [0.29, 0.717) is 24.4 Å². The quantitative estimate of drug-likeness (QED) is 0.916. The second kappa shape index (κ2) is 6.74. The molecule has 0 bridgehead atoms. The molecule has 0 saturated carbocycles. The van der Waals surface area contributed by atoms with Crippen LogP contribution in [0.3, 0.4) is 0 Å². The number of ether oxygens (including phenoxy) is 1. The Hall–Kier alpha value is -2.83. The van der Waals surface area contributed by atoms with Crippen molar-refractivity contribution in [3.8, 4) is 5.75 Å². The molecule has 1 aromatic heterocycles. The van der Waals surface area contributed by atoms with Crippen LogP contribution in [0.25, 0.3) is 0 Å². The number of nitrogens with zero attached hydrogens (tertiary/aromatic N) is 2. The van der Waals surface area contributed by atoms with E-state index in [0.717, 1.165) is 0 Å². The minimum Gasteiger partial charge on any atom is -0.488 e. The molecule has 0 aliphatic carbocycles.